The molecule has 1 aliphatic rings. The summed E-state index contributed by atoms with van der Waals surface area (Å²) in [6.45, 7) is 8.14. The summed E-state index contributed by atoms with van der Waals surface area (Å²) in [5.41, 5.74) is 0.868. The number of ether oxygens (including phenoxy) is 4. The van der Waals surface area contributed by atoms with E-state index in [1.807, 2.05) is 20.8 Å². The molecule has 5 atom stereocenters. The molecule has 3 heterocycles. The van der Waals surface area contributed by atoms with E-state index in [1.54, 1.807) is 38.1 Å². The number of aryl methyl sites for hydroxylation is 1. The molecule has 0 spiro atoms. The van der Waals surface area contributed by atoms with Gasteiger partial charge in [-0.25, -0.2) is 18.4 Å². The molecule has 1 aliphatic heterocycles. The fourth-order valence-electron chi connectivity index (χ4n) is 4.04. The second kappa shape index (κ2) is 12.9. The molecule has 1 N–H and O–H groups in total. The largest absolute Gasteiger partial charge is 0.385 e. The van der Waals surface area contributed by atoms with Gasteiger partial charge in [0.25, 0.3) is 0 Å². The Hall–Kier alpha value is -2.19. The van der Waals surface area contributed by atoms with Crippen molar-refractivity contribution in [3.8, 4) is 0 Å². The molecule has 0 amide bonds. The molecule has 12 nitrogen and oxygen atoms in total. The van der Waals surface area contributed by atoms with Crippen molar-refractivity contribution in [2.24, 2.45) is 0 Å². The zero-order valence-corrected chi connectivity index (χ0v) is 22.7. The van der Waals surface area contributed by atoms with E-state index in [2.05, 4.69) is 24.9 Å². The highest BCUT2D eigenvalue weighted by Gasteiger charge is 2.37. The molecule has 0 bridgehead atoms. The second-order valence-corrected chi connectivity index (χ2v) is 11.0. The number of aromatic nitrogens is 5. The van der Waals surface area contributed by atoms with Crippen LogP contribution in [-0.4, -0.2) is 71.9 Å². The summed E-state index contributed by atoms with van der Waals surface area (Å²) in [6.07, 6.45) is 4.41. The van der Waals surface area contributed by atoms with Crippen LogP contribution in [0.2, 0.25) is 0 Å². The zero-order valence-electron chi connectivity index (χ0n) is 21.9. The molecule has 0 aromatic carbocycles. The number of methoxy groups -OCH3 is 2. The SMILES string of the molecule is CCCO[C@@H](c1ncc(C)cn1)[C@H](C)S(=O)(=O)Nc1nnc([C@H]2CC[C@@H](C)O2)n1C(CCOC)OC. The summed E-state index contributed by atoms with van der Waals surface area (Å²) in [6, 6.07) is 0. The van der Waals surface area contributed by atoms with Crippen molar-refractivity contribution >= 4 is 16.0 Å². The van der Waals surface area contributed by atoms with Crippen molar-refractivity contribution in [2.75, 3.05) is 32.2 Å². The van der Waals surface area contributed by atoms with Crippen LogP contribution in [0.15, 0.2) is 12.4 Å². The van der Waals surface area contributed by atoms with Gasteiger partial charge in [-0.2, -0.15) is 0 Å². The quantitative estimate of drug-likeness (QED) is 0.390. The first kappa shape index (κ1) is 28.4. The normalized spacial score (nSPS) is 20.8. The third kappa shape index (κ3) is 6.76. The number of nitrogens with zero attached hydrogens (tertiary/aromatic N) is 5. The standard InChI is InChI=1S/C23H38N6O6S/c1-7-11-34-20(21-24-13-15(2)14-25-21)17(4)36(30,31)28-23-27-26-22(18-9-8-16(3)35-18)29(23)19(33-6)10-12-32-5/h13-14,16-20H,7-12H2,1-6H3,(H,27,28)/t16-,17+,18-,19?,20-/m1/s1. The van der Waals surface area contributed by atoms with Crippen LogP contribution in [0.1, 0.15) is 82.1 Å². The molecular formula is C23H38N6O6S. The Bertz CT molecular complexity index is 1060. The lowest BCUT2D eigenvalue weighted by Crippen LogP contribution is -2.34. The van der Waals surface area contributed by atoms with Gasteiger partial charge >= 0.3 is 0 Å². The van der Waals surface area contributed by atoms with Gasteiger partial charge in [0.2, 0.25) is 16.0 Å². The highest BCUT2D eigenvalue weighted by Crippen LogP contribution is 2.35. The molecular weight excluding hydrogens is 488 g/mol. The Morgan fingerprint density at radius 3 is 2.50 bits per heavy atom. The first-order chi connectivity index (χ1) is 17.2. The number of nitrogens with one attached hydrogen (secondary N) is 1. The van der Waals surface area contributed by atoms with E-state index in [0.717, 1.165) is 24.8 Å². The Kier molecular flexibility index (Phi) is 10.1. The lowest BCUT2D eigenvalue weighted by Gasteiger charge is -2.25. The van der Waals surface area contributed by atoms with E-state index in [1.165, 1.54) is 0 Å². The minimum atomic E-state index is -4.01. The summed E-state index contributed by atoms with van der Waals surface area (Å²) in [4.78, 5) is 8.63. The topological polar surface area (TPSA) is 140 Å². The summed E-state index contributed by atoms with van der Waals surface area (Å²) in [7, 11) is -0.871. The molecule has 0 saturated carbocycles. The highest BCUT2D eigenvalue weighted by molar-refractivity contribution is 7.93. The van der Waals surface area contributed by atoms with Crippen LogP contribution in [0, 0.1) is 6.92 Å². The smallest absolute Gasteiger partial charge is 0.240 e. The third-order valence-corrected chi connectivity index (χ3v) is 7.77. The Balaban J connectivity index is 1.94. The van der Waals surface area contributed by atoms with E-state index in [4.69, 9.17) is 18.9 Å². The average Bonchev–Trinajstić information content (AvgIpc) is 3.46. The molecule has 1 fully saturated rings. The fraction of sp³-hybridized carbons (Fsp3) is 0.739. The van der Waals surface area contributed by atoms with Crippen LogP contribution in [-0.2, 0) is 29.0 Å². The fourth-order valence-corrected chi connectivity index (χ4v) is 5.14. The van der Waals surface area contributed by atoms with Gasteiger partial charge in [0.05, 0.1) is 12.7 Å². The van der Waals surface area contributed by atoms with E-state index in [9.17, 15) is 8.42 Å². The zero-order chi connectivity index (χ0) is 26.3. The predicted molar refractivity (Wildman–Crippen MR) is 133 cm³/mol. The summed E-state index contributed by atoms with van der Waals surface area (Å²) >= 11 is 0. The number of anilines is 1. The maximum Gasteiger partial charge on any atom is 0.240 e. The molecule has 13 heteroatoms. The third-order valence-electron chi connectivity index (χ3n) is 6.08. The molecule has 1 unspecified atom stereocenters. The molecule has 2 aromatic rings. The van der Waals surface area contributed by atoms with Crippen molar-refractivity contribution in [3.63, 3.8) is 0 Å². The van der Waals surface area contributed by atoms with Crippen molar-refractivity contribution in [1.29, 1.82) is 0 Å². The number of rotatable bonds is 14. The summed E-state index contributed by atoms with van der Waals surface area (Å²) in [5.74, 6) is 0.854. The Labute approximate surface area is 213 Å². The summed E-state index contributed by atoms with van der Waals surface area (Å²) in [5, 5.41) is 7.46. The van der Waals surface area contributed by atoms with Gasteiger partial charge in [0.15, 0.2) is 11.6 Å². The number of hydrogen-bond donors (Lipinski definition) is 1. The van der Waals surface area contributed by atoms with Gasteiger partial charge in [0, 0.05) is 39.6 Å². The first-order valence-corrected chi connectivity index (χ1v) is 13.8. The first-order valence-electron chi connectivity index (χ1n) is 12.3. The van der Waals surface area contributed by atoms with Crippen LogP contribution in [0.4, 0.5) is 5.95 Å². The predicted octanol–water partition coefficient (Wildman–Crippen LogP) is 3.10. The molecule has 2 aromatic heterocycles. The molecule has 3 rings (SSSR count). The molecule has 0 radical (unpaired) electrons. The maximum atomic E-state index is 13.6. The lowest BCUT2D eigenvalue weighted by atomic mass is 10.2. The second-order valence-electron chi connectivity index (χ2n) is 9.00. The van der Waals surface area contributed by atoms with Crippen LogP contribution in [0.3, 0.4) is 0 Å². The van der Waals surface area contributed by atoms with Gasteiger partial charge < -0.3 is 18.9 Å². The number of hydrogen-bond acceptors (Lipinski definition) is 10. The van der Waals surface area contributed by atoms with Crippen LogP contribution >= 0.6 is 0 Å². The van der Waals surface area contributed by atoms with Crippen molar-refractivity contribution in [1.82, 2.24) is 24.7 Å². The maximum absolute atomic E-state index is 13.6. The van der Waals surface area contributed by atoms with E-state index in [0.29, 0.717) is 31.3 Å². The Morgan fingerprint density at radius 1 is 1.19 bits per heavy atom. The van der Waals surface area contributed by atoms with Crippen LogP contribution in [0.25, 0.3) is 0 Å². The summed E-state index contributed by atoms with van der Waals surface area (Å²) < 4.78 is 54.3. The highest BCUT2D eigenvalue weighted by atomic mass is 32.2. The number of sulfonamides is 1. The van der Waals surface area contributed by atoms with Gasteiger partial charge in [-0.05, 0) is 45.6 Å². The van der Waals surface area contributed by atoms with E-state index in [-0.39, 0.29) is 18.2 Å². The van der Waals surface area contributed by atoms with Gasteiger partial charge in [-0.15, -0.1) is 10.2 Å². The molecule has 1 saturated heterocycles. The van der Waals surface area contributed by atoms with Crippen LogP contribution < -0.4 is 4.72 Å². The van der Waals surface area contributed by atoms with Gasteiger partial charge in [0.1, 0.15) is 23.7 Å². The lowest BCUT2D eigenvalue weighted by molar-refractivity contribution is 0.00193. The van der Waals surface area contributed by atoms with E-state index < -0.39 is 27.6 Å². The van der Waals surface area contributed by atoms with Gasteiger partial charge in [-0.3, -0.25) is 9.29 Å². The van der Waals surface area contributed by atoms with Crippen LogP contribution in [0.5, 0.6) is 0 Å². The molecule has 202 valence electrons. The minimum absolute atomic E-state index is 0.0435. The van der Waals surface area contributed by atoms with Gasteiger partial charge in [-0.1, -0.05) is 6.92 Å². The monoisotopic (exact) mass is 526 g/mol. The molecule has 0 aliphatic carbocycles. The van der Waals surface area contributed by atoms with Crippen molar-refractivity contribution < 1.29 is 27.4 Å². The van der Waals surface area contributed by atoms with E-state index >= 15 is 0 Å². The van der Waals surface area contributed by atoms with Crippen molar-refractivity contribution in [3.05, 3.63) is 29.6 Å². The minimum Gasteiger partial charge on any atom is -0.385 e. The van der Waals surface area contributed by atoms with Crippen molar-refractivity contribution in [2.45, 2.75) is 83.2 Å². The Morgan fingerprint density at radius 2 is 1.92 bits per heavy atom. The molecule has 36 heavy (non-hydrogen) atoms. The average molecular weight is 527 g/mol.